The highest BCUT2D eigenvalue weighted by Gasteiger charge is 2.09. The van der Waals surface area contributed by atoms with E-state index in [1.807, 2.05) is 12.1 Å². The van der Waals surface area contributed by atoms with Gasteiger partial charge in [-0.25, -0.2) is 9.98 Å². The standard InChI is InChI=1S/C6H5N3S/c7-10-4-9-5-2-1-3-8-6(5)10/h1-4,7H. The number of hydrogen-bond acceptors (Lipinski definition) is 3. The average Bonchev–Trinajstić information content (AvgIpc) is 2.34. The van der Waals surface area contributed by atoms with E-state index >= 15 is 0 Å². The maximum atomic E-state index is 7.43. The Morgan fingerprint density at radius 3 is 3.20 bits per heavy atom. The molecule has 0 bridgehead atoms. The van der Waals surface area contributed by atoms with Gasteiger partial charge in [0.25, 0.3) is 0 Å². The van der Waals surface area contributed by atoms with Crippen LogP contribution in [0.1, 0.15) is 0 Å². The largest absolute Gasteiger partial charge is 0.268 e. The minimum Gasteiger partial charge on any atom is -0.268 e. The fraction of sp³-hybridized carbons (Fsp3) is 0. The molecule has 1 aliphatic rings. The molecule has 4 heteroatoms. The lowest BCUT2D eigenvalue weighted by Crippen LogP contribution is -1.85. The highest BCUT2D eigenvalue weighted by atomic mass is 32.2. The van der Waals surface area contributed by atoms with Gasteiger partial charge in [0.2, 0.25) is 0 Å². The fourth-order valence-electron chi connectivity index (χ4n) is 0.809. The Morgan fingerprint density at radius 2 is 2.40 bits per heavy atom. The van der Waals surface area contributed by atoms with Crippen molar-refractivity contribution >= 4 is 21.9 Å². The number of aromatic nitrogens is 1. The topological polar surface area (TPSA) is 49.1 Å². The summed E-state index contributed by atoms with van der Waals surface area (Å²) in [6.45, 7) is 0. The molecule has 50 valence electrons. The summed E-state index contributed by atoms with van der Waals surface area (Å²) in [4.78, 5) is 8.06. The highest BCUT2D eigenvalue weighted by Crippen LogP contribution is 2.23. The van der Waals surface area contributed by atoms with Crippen LogP contribution in [0, 0.1) is 4.78 Å². The second kappa shape index (κ2) is 1.98. The Morgan fingerprint density at radius 1 is 1.50 bits per heavy atom. The second-order valence-corrected chi connectivity index (χ2v) is 3.17. The zero-order chi connectivity index (χ0) is 6.97. The Bertz CT molecular complexity index is 319. The van der Waals surface area contributed by atoms with Gasteiger partial charge in [-0.3, -0.25) is 4.78 Å². The molecule has 1 aliphatic heterocycles. The van der Waals surface area contributed by atoms with Crippen molar-refractivity contribution < 1.29 is 0 Å². The predicted octanol–water partition coefficient (Wildman–Crippen LogP) is 1.49. The minimum absolute atomic E-state index is 0.601. The van der Waals surface area contributed by atoms with Gasteiger partial charge in [0.05, 0.1) is 11.2 Å². The molecule has 1 aromatic rings. The van der Waals surface area contributed by atoms with Crippen LogP contribution in [0.4, 0.5) is 5.69 Å². The molecular formula is C6H5N3S. The SMILES string of the molecule is N=S1C=Nc2cccnc21. The van der Waals surface area contributed by atoms with Crippen LogP contribution < -0.4 is 0 Å². The summed E-state index contributed by atoms with van der Waals surface area (Å²) < 4.78 is 7.43. The summed E-state index contributed by atoms with van der Waals surface area (Å²) >= 11 is 0. The Labute approximate surface area is 60.7 Å². The van der Waals surface area contributed by atoms with Gasteiger partial charge in [0, 0.05) is 6.20 Å². The molecule has 0 saturated carbocycles. The van der Waals surface area contributed by atoms with Crippen molar-refractivity contribution in [2.45, 2.75) is 5.03 Å². The van der Waals surface area contributed by atoms with Crippen LogP contribution in [-0.4, -0.2) is 10.5 Å². The molecule has 1 N–H and O–H groups in total. The first-order chi connectivity index (χ1) is 4.88. The van der Waals surface area contributed by atoms with Crippen molar-refractivity contribution in [3.8, 4) is 0 Å². The molecule has 0 amide bonds. The summed E-state index contributed by atoms with van der Waals surface area (Å²) in [7, 11) is -0.601. The minimum atomic E-state index is -0.601. The lowest BCUT2D eigenvalue weighted by Gasteiger charge is -1.91. The average molecular weight is 151 g/mol. The third kappa shape index (κ3) is 0.690. The Hall–Kier alpha value is -1.03. The lowest BCUT2D eigenvalue weighted by atomic mass is 10.4. The van der Waals surface area contributed by atoms with Crippen molar-refractivity contribution in [2.75, 3.05) is 0 Å². The maximum Gasteiger partial charge on any atom is 0.137 e. The van der Waals surface area contributed by atoms with Crippen LogP contribution in [0.3, 0.4) is 0 Å². The molecule has 0 spiro atoms. The maximum absolute atomic E-state index is 7.43. The number of pyridine rings is 1. The number of hydrogen-bond donors (Lipinski definition) is 1. The van der Waals surface area contributed by atoms with Crippen molar-refractivity contribution in [3.05, 3.63) is 18.3 Å². The second-order valence-electron chi connectivity index (χ2n) is 1.90. The van der Waals surface area contributed by atoms with E-state index in [-0.39, 0.29) is 0 Å². The van der Waals surface area contributed by atoms with Crippen molar-refractivity contribution in [1.29, 1.82) is 4.78 Å². The van der Waals surface area contributed by atoms with Gasteiger partial charge in [-0.05, 0) is 22.8 Å². The van der Waals surface area contributed by atoms with E-state index in [9.17, 15) is 0 Å². The van der Waals surface area contributed by atoms with Crippen LogP contribution in [-0.2, 0) is 10.7 Å². The Kier molecular flexibility index (Phi) is 1.14. The molecular weight excluding hydrogens is 146 g/mol. The molecule has 0 radical (unpaired) electrons. The molecule has 0 aromatic carbocycles. The van der Waals surface area contributed by atoms with Crippen LogP contribution in [0.15, 0.2) is 28.3 Å². The molecule has 2 heterocycles. The van der Waals surface area contributed by atoms with E-state index in [2.05, 4.69) is 9.98 Å². The lowest BCUT2D eigenvalue weighted by molar-refractivity contribution is 1.13. The van der Waals surface area contributed by atoms with Gasteiger partial charge in [-0.15, -0.1) is 0 Å². The van der Waals surface area contributed by atoms with Crippen LogP contribution in [0.25, 0.3) is 0 Å². The molecule has 10 heavy (non-hydrogen) atoms. The van der Waals surface area contributed by atoms with E-state index in [0.717, 1.165) is 10.7 Å². The Balaban J connectivity index is 2.70. The third-order valence-electron chi connectivity index (χ3n) is 1.26. The van der Waals surface area contributed by atoms with Crippen LogP contribution in [0.5, 0.6) is 0 Å². The van der Waals surface area contributed by atoms with E-state index in [0.29, 0.717) is 0 Å². The quantitative estimate of drug-likeness (QED) is 0.600. The first-order valence-corrected chi connectivity index (χ1v) is 4.10. The molecule has 1 aromatic heterocycles. The number of aliphatic imine (C=N–C) groups is 1. The highest BCUT2D eigenvalue weighted by molar-refractivity contribution is 7.99. The van der Waals surface area contributed by atoms with Crippen LogP contribution >= 0.6 is 0 Å². The fourth-order valence-corrected chi connectivity index (χ4v) is 1.65. The number of nitrogens with zero attached hydrogens (tertiary/aromatic N) is 2. The first kappa shape index (κ1) is 5.73. The zero-order valence-corrected chi connectivity index (χ0v) is 5.93. The van der Waals surface area contributed by atoms with Gasteiger partial charge >= 0.3 is 0 Å². The predicted molar refractivity (Wildman–Crippen MR) is 40.7 cm³/mol. The summed E-state index contributed by atoms with van der Waals surface area (Å²) in [5.41, 5.74) is 2.47. The van der Waals surface area contributed by atoms with Crippen molar-refractivity contribution in [2.24, 2.45) is 4.99 Å². The van der Waals surface area contributed by atoms with E-state index in [4.69, 9.17) is 4.78 Å². The van der Waals surface area contributed by atoms with Gasteiger partial charge in [-0.2, -0.15) is 0 Å². The summed E-state index contributed by atoms with van der Waals surface area (Å²) in [5, 5.41) is 0.794. The van der Waals surface area contributed by atoms with Crippen molar-refractivity contribution in [3.63, 3.8) is 0 Å². The van der Waals surface area contributed by atoms with E-state index in [1.54, 1.807) is 11.7 Å². The van der Waals surface area contributed by atoms with E-state index in [1.165, 1.54) is 0 Å². The van der Waals surface area contributed by atoms with Gasteiger partial charge in [-0.1, -0.05) is 0 Å². The monoisotopic (exact) mass is 151 g/mol. The van der Waals surface area contributed by atoms with Crippen LogP contribution in [0.2, 0.25) is 0 Å². The summed E-state index contributed by atoms with van der Waals surface area (Å²) in [5.74, 6) is 0. The molecule has 0 saturated heterocycles. The zero-order valence-electron chi connectivity index (χ0n) is 5.11. The molecule has 2 rings (SSSR count). The summed E-state index contributed by atoms with van der Waals surface area (Å²) in [6, 6.07) is 3.71. The number of nitrogens with one attached hydrogen (secondary N) is 1. The van der Waals surface area contributed by atoms with Gasteiger partial charge in [0.1, 0.15) is 5.03 Å². The molecule has 1 unspecified atom stereocenters. The van der Waals surface area contributed by atoms with Gasteiger partial charge < -0.3 is 0 Å². The molecule has 0 aliphatic carbocycles. The molecule has 3 nitrogen and oxygen atoms in total. The summed E-state index contributed by atoms with van der Waals surface area (Å²) in [6.07, 6.45) is 1.70. The normalized spacial score (nSPS) is 21.0. The van der Waals surface area contributed by atoms with Crippen molar-refractivity contribution in [1.82, 2.24) is 4.98 Å². The number of rotatable bonds is 0. The third-order valence-corrected chi connectivity index (χ3v) is 2.30. The molecule has 0 fully saturated rings. The molecule has 1 atom stereocenters. The number of fused-ring (bicyclic) bond motifs is 1. The van der Waals surface area contributed by atoms with Gasteiger partial charge in [0.15, 0.2) is 0 Å². The van der Waals surface area contributed by atoms with E-state index < -0.39 is 10.7 Å². The first-order valence-electron chi connectivity index (χ1n) is 2.81. The smallest absolute Gasteiger partial charge is 0.137 e.